The van der Waals surface area contributed by atoms with Gasteiger partial charge in [-0.2, -0.15) is 0 Å². The summed E-state index contributed by atoms with van der Waals surface area (Å²) in [5.74, 6) is 0. The van der Waals surface area contributed by atoms with Crippen molar-refractivity contribution in [2.24, 2.45) is 21.0 Å². The summed E-state index contributed by atoms with van der Waals surface area (Å²) < 4.78 is -0.653. The molecule has 0 bridgehead atoms. The number of nitrogens with zero attached hydrogens (tertiary/aromatic N) is 3. The monoisotopic (exact) mass is 147 g/mol. The summed E-state index contributed by atoms with van der Waals surface area (Å²) in [6, 6.07) is 0. The van der Waals surface area contributed by atoms with Crippen molar-refractivity contribution in [3.63, 3.8) is 0 Å². The van der Waals surface area contributed by atoms with Crippen molar-refractivity contribution in [3.8, 4) is 0 Å². The van der Waals surface area contributed by atoms with E-state index in [1.54, 1.807) is 0 Å². The molecule has 0 fully saturated rings. The SMILES string of the molecule is N[C]1([Zn])N=CN=N1. The van der Waals surface area contributed by atoms with Gasteiger partial charge in [0.15, 0.2) is 0 Å². The van der Waals surface area contributed by atoms with Crippen molar-refractivity contribution in [2.45, 2.75) is 4.38 Å². The molecule has 0 aromatic carbocycles. The zero-order valence-corrected chi connectivity index (χ0v) is 6.67. The van der Waals surface area contributed by atoms with Crippen LogP contribution in [0.3, 0.4) is 0 Å². The van der Waals surface area contributed by atoms with Crippen molar-refractivity contribution in [3.05, 3.63) is 0 Å². The quantitative estimate of drug-likeness (QED) is 0.467. The van der Waals surface area contributed by atoms with Gasteiger partial charge in [0.25, 0.3) is 0 Å². The van der Waals surface area contributed by atoms with Crippen LogP contribution in [0.1, 0.15) is 0 Å². The molecule has 0 aromatic heterocycles. The Morgan fingerprint density at radius 1 is 1.71 bits per heavy atom. The molecule has 0 amide bonds. The van der Waals surface area contributed by atoms with E-state index in [1.807, 2.05) is 0 Å². The average molecular weight is 148 g/mol. The molecule has 2 N–H and O–H groups in total. The van der Waals surface area contributed by atoms with Crippen LogP contribution >= 0.6 is 0 Å². The number of nitrogens with two attached hydrogens (primary N) is 1. The molecule has 1 rings (SSSR count). The molecule has 5 heteroatoms. The van der Waals surface area contributed by atoms with Crippen LogP contribution in [-0.2, 0) is 18.3 Å². The Morgan fingerprint density at radius 2 is 2.43 bits per heavy atom. The van der Waals surface area contributed by atoms with Gasteiger partial charge in [0.1, 0.15) is 0 Å². The molecule has 0 spiro atoms. The van der Waals surface area contributed by atoms with Crippen molar-refractivity contribution >= 4 is 6.34 Å². The minimum absolute atomic E-state index is 0.653. The Morgan fingerprint density at radius 3 is 2.57 bits per heavy atom. The summed E-state index contributed by atoms with van der Waals surface area (Å²) in [5.41, 5.74) is 5.38. The second-order valence-electron chi connectivity index (χ2n) is 1.34. The Hall–Kier alpha value is -0.147. The van der Waals surface area contributed by atoms with Gasteiger partial charge in [0.05, 0.1) is 0 Å². The van der Waals surface area contributed by atoms with Crippen LogP contribution in [-0.4, -0.2) is 10.7 Å². The summed E-state index contributed by atoms with van der Waals surface area (Å²) in [4.78, 5) is 3.74. The molecule has 0 radical (unpaired) electrons. The molecule has 0 saturated heterocycles. The third-order valence-corrected chi connectivity index (χ3v) is 1.24. The van der Waals surface area contributed by atoms with Gasteiger partial charge in [-0.25, -0.2) is 0 Å². The molecule has 1 aliphatic rings. The fourth-order valence-corrected chi connectivity index (χ4v) is 0.620. The first-order valence-electron chi connectivity index (χ1n) is 1.81. The molecule has 1 atom stereocenters. The van der Waals surface area contributed by atoms with E-state index >= 15 is 0 Å². The zero-order valence-electron chi connectivity index (χ0n) is 3.70. The fourth-order valence-electron chi connectivity index (χ4n) is 0.277. The van der Waals surface area contributed by atoms with Crippen LogP contribution in [0.25, 0.3) is 0 Å². The molecular weight excluding hydrogens is 145 g/mol. The molecule has 1 aliphatic heterocycles. The van der Waals surface area contributed by atoms with Crippen molar-refractivity contribution in [1.82, 2.24) is 0 Å². The van der Waals surface area contributed by atoms with E-state index in [0.717, 1.165) is 18.3 Å². The van der Waals surface area contributed by atoms with Gasteiger partial charge < -0.3 is 0 Å². The molecule has 33 valence electrons. The molecule has 0 saturated carbocycles. The van der Waals surface area contributed by atoms with E-state index in [4.69, 9.17) is 5.73 Å². The predicted octanol–water partition coefficient (Wildman–Crippen LogP) is -0.403. The molecular formula is C2H3N4Zn. The average Bonchev–Trinajstić information content (AvgIpc) is 1.84. The summed E-state index contributed by atoms with van der Waals surface area (Å²) in [5, 5.41) is 7.08. The van der Waals surface area contributed by atoms with Gasteiger partial charge in [-0.05, 0) is 0 Å². The normalized spacial score (nSPS) is 37.6. The van der Waals surface area contributed by atoms with Crippen LogP contribution in [0.2, 0.25) is 0 Å². The van der Waals surface area contributed by atoms with Crippen molar-refractivity contribution < 1.29 is 18.3 Å². The second-order valence-corrected chi connectivity index (χ2v) is 3.52. The van der Waals surface area contributed by atoms with E-state index in [-0.39, 0.29) is 0 Å². The summed E-state index contributed by atoms with van der Waals surface area (Å²) in [6.07, 6.45) is 1.38. The molecule has 1 unspecified atom stereocenters. The fraction of sp³-hybridized carbons (Fsp3) is 0.500. The van der Waals surface area contributed by atoms with Crippen LogP contribution in [0.15, 0.2) is 15.2 Å². The van der Waals surface area contributed by atoms with Crippen molar-refractivity contribution in [2.75, 3.05) is 0 Å². The maximum atomic E-state index is 5.38. The van der Waals surface area contributed by atoms with E-state index in [1.165, 1.54) is 6.34 Å². The molecule has 1 heterocycles. The molecule has 0 aromatic rings. The Kier molecular flexibility index (Phi) is 1.01. The third-order valence-electron chi connectivity index (χ3n) is 0.564. The first-order valence-corrected chi connectivity index (χ1v) is 3.29. The maximum absolute atomic E-state index is 5.38. The number of azo groups is 1. The van der Waals surface area contributed by atoms with Crippen LogP contribution in [0.5, 0.6) is 0 Å². The molecule has 0 aliphatic carbocycles. The summed E-state index contributed by atoms with van der Waals surface area (Å²) in [6.45, 7) is 0. The summed E-state index contributed by atoms with van der Waals surface area (Å²) >= 11 is 0.826. The van der Waals surface area contributed by atoms with Gasteiger partial charge in [-0.15, -0.1) is 0 Å². The van der Waals surface area contributed by atoms with Gasteiger partial charge in [-0.3, -0.25) is 0 Å². The van der Waals surface area contributed by atoms with Crippen LogP contribution in [0.4, 0.5) is 0 Å². The van der Waals surface area contributed by atoms with Crippen LogP contribution < -0.4 is 5.73 Å². The topological polar surface area (TPSA) is 63.1 Å². The Labute approximate surface area is 50.6 Å². The van der Waals surface area contributed by atoms with E-state index < -0.39 is 4.38 Å². The van der Waals surface area contributed by atoms with Crippen molar-refractivity contribution in [1.29, 1.82) is 0 Å². The second kappa shape index (κ2) is 1.42. The van der Waals surface area contributed by atoms with E-state index in [2.05, 4.69) is 15.2 Å². The Balaban J connectivity index is 2.77. The van der Waals surface area contributed by atoms with Gasteiger partial charge >= 0.3 is 50.0 Å². The van der Waals surface area contributed by atoms with Gasteiger partial charge in [-0.1, -0.05) is 0 Å². The number of hydrogen-bond donors (Lipinski definition) is 1. The predicted molar refractivity (Wildman–Crippen MR) is 20.3 cm³/mol. The van der Waals surface area contributed by atoms with Gasteiger partial charge in [0, 0.05) is 0 Å². The third kappa shape index (κ3) is 1.11. The number of rotatable bonds is 0. The zero-order chi connectivity index (χ0) is 5.33. The van der Waals surface area contributed by atoms with Gasteiger partial charge in [0.2, 0.25) is 0 Å². The van der Waals surface area contributed by atoms with E-state index in [9.17, 15) is 0 Å². The summed E-state index contributed by atoms with van der Waals surface area (Å²) in [7, 11) is 0. The molecule has 7 heavy (non-hydrogen) atoms. The number of aliphatic imine (C=N–C) groups is 1. The molecule has 4 nitrogen and oxygen atoms in total. The van der Waals surface area contributed by atoms with Crippen LogP contribution in [0, 0.1) is 0 Å². The first kappa shape index (κ1) is 5.00. The minimum atomic E-state index is -0.653. The number of hydrogen-bond acceptors (Lipinski definition) is 4. The Bertz CT molecular complexity index is 112. The standard InChI is InChI=1S/C2H3N4.Zn/c3-2-4-1-5-6-2;/h1H,3H2;. The van der Waals surface area contributed by atoms with E-state index in [0.29, 0.717) is 0 Å². The first-order chi connectivity index (χ1) is 3.21.